The Labute approximate surface area is 74.4 Å². The fourth-order valence-electron chi connectivity index (χ4n) is 2.69. The van der Waals surface area contributed by atoms with Crippen molar-refractivity contribution in [3.8, 4) is 0 Å². The first kappa shape index (κ1) is 8.52. The second-order valence-corrected chi connectivity index (χ2v) is 4.37. The number of β-amino-alcohol motifs (C(OH)–C–C–N with tert-alkyl or cyclic N) is 1. The van der Waals surface area contributed by atoms with Crippen LogP contribution in [-0.4, -0.2) is 23.8 Å². The molecule has 0 aromatic heterocycles. The minimum atomic E-state index is -0.347. The fourth-order valence-corrected chi connectivity index (χ4v) is 2.69. The quantitative estimate of drug-likeness (QED) is 0.620. The third kappa shape index (κ3) is 1.50. The number of hydrogen-bond donors (Lipinski definition) is 2. The molecule has 1 saturated heterocycles. The van der Waals surface area contributed by atoms with Crippen LogP contribution in [0.5, 0.6) is 0 Å². The van der Waals surface area contributed by atoms with Crippen LogP contribution in [-0.2, 0) is 0 Å². The van der Waals surface area contributed by atoms with Gasteiger partial charge in [-0.1, -0.05) is 19.3 Å². The van der Waals surface area contributed by atoms with Gasteiger partial charge in [0, 0.05) is 6.54 Å². The molecule has 12 heavy (non-hydrogen) atoms. The van der Waals surface area contributed by atoms with Gasteiger partial charge in [-0.15, -0.1) is 0 Å². The molecule has 2 N–H and O–H groups in total. The molecule has 1 heterocycles. The minimum Gasteiger partial charge on any atom is -0.388 e. The van der Waals surface area contributed by atoms with E-state index >= 15 is 0 Å². The summed E-state index contributed by atoms with van der Waals surface area (Å²) in [7, 11) is 0. The summed E-state index contributed by atoms with van der Waals surface area (Å²) in [5, 5.41) is 13.5. The predicted molar refractivity (Wildman–Crippen MR) is 49.0 cm³/mol. The van der Waals surface area contributed by atoms with Crippen LogP contribution in [0.4, 0.5) is 0 Å². The molecule has 2 rings (SSSR count). The van der Waals surface area contributed by atoms with E-state index in [1.807, 2.05) is 0 Å². The lowest BCUT2D eigenvalue weighted by atomic mass is 9.76. The van der Waals surface area contributed by atoms with Gasteiger partial charge in [-0.2, -0.15) is 0 Å². The van der Waals surface area contributed by atoms with Crippen molar-refractivity contribution >= 4 is 0 Å². The summed E-state index contributed by atoms with van der Waals surface area (Å²) in [6.07, 6.45) is 7.49. The molecule has 70 valence electrons. The Balaban J connectivity index is 1.96. The molecule has 2 heteroatoms. The monoisotopic (exact) mass is 169 g/mol. The lowest BCUT2D eigenvalue weighted by Crippen LogP contribution is -2.40. The highest BCUT2D eigenvalue weighted by atomic mass is 16.3. The van der Waals surface area contributed by atoms with E-state index in [1.165, 1.54) is 32.1 Å². The average Bonchev–Trinajstić information content (AvgIpc) is 2.55. The lowest BCUT2D eigenvalue weighted by molar-refractivity contribution is -0.0149. The number of hydrogen-bond acceptors (Lipinski definition) is 2. The summed E-state index contributed by atoms with van der Waals surface area (Å²) >= 11 is 0. The number of nitrogens with one attached hydrogen (secondary N) is 1. The normalized spacial score (nSPS) is 38.8. The summed E-state index contributed by atoms with van der Waals surface area (Å²) in [6.45, 7) is 1.84. The van der Waals surface area contributed by atoms with Crippen LogP contribution in [0.15, 0.2) is 0 Å². The Morgan fingerprint density at radius 2 is 1.92 bits per heavy atom. The van der Waals surface area contributed by atoms with E-state index in [2.05, 4.69) is 5.32 Å². The molecule has 0 amide bonds. The van der Waals surface area contributed by atoms with Crippen LogP contribution in [0, 0.1) is 5.92 Å². The Hall–Kier alpha value is -0.0800. The summed E-state index contributed by atoms with van der Waals surface area (Å²) in [6, 6.07) is 0. The molecule has 1 aliphatic carbocycles. The minimum absolute atomic E-state index is 0.347. The SMILES string of the molecule is OC1(C2CCCCC2)CCNC1. The van der Waals surface area contributed by atoms with Crippen LogP contribution in [0.25, 0.3) is 0 Å². The molecule has 0 aromatic rings. The van der Waals surface area contributed by atoms with Crippen LogP contribution >= 0.6 is 0 Å². The highest BCUT2D eigenvalue weighted by molar-refractivity contribution is 4.94. The topological polar surface area (TPSA) is 32.3 Å². The van der Waals surface area contributed by atoms with Gasteiger partial charge in [-0.3, -0.25) is 0 Å². The van der Waals surface area contributed by atoms with Crippen molar-refractivity contribution in [2.75, 3.05) is 13.1 Å². The van der Waals surface area contributed by atoms with Crippen molar-refractivity contribution < 1.29 is 5.11 Å². The molecular weight excluding hydrogens is 150 g/mol. The zero-order valence-electron chi connectivity index (χ0n) is 7.68. The first-order valence-electron chi connectivity index (χ1n) is 5.24. The maximum Gasteiger partial charge on any atom is 0.0811 e. The summed E-state index contributed by atoms with van der Waals surface area (Å²) in [5.74, 6) is 0.584. The summed E-state index contributed by atoms with van der Waals surface area (Å²) in [5.41, 5.74) is -0.347. The third-order valence-corrected chi connectivity index (χ3v) is 3.53. The van der Waals surface area contributed by atoms with Crippen LogP contribution in [0.2, 0.25) is 0 Å². The van der Waals surface area contributed by atoms with Gasteiger partial charge in [-0.25, -0.2) is 0 Å². The molecule has 0 aromatic carbocycles. The highest BCUT2D eigenvalue weighted by Crippen LogP contribution is 2.35. The summed E-state index contributed by atoms with van der Waals surface area (Å²) < 4.78 is 0. The predicted octanol–water partition coefficient (Wildman–Crippen LogP) is 1.29. The van der Waals surface area contributed by atoms with Crippen molar-refractivity contribution in [2.45, 2.75) is 44.1 Å². The zero-order chi connectivity index (χ0) is 8.44. The molecule has 2 aliphatic rings. The second kappa shape index (κ2) is 3.35. The van der Waals surface area contributed by atoms with Crippen molar-refractivity contribution in [2.24, 2.45) is 5.92 Å². The zero-order valence-corrected chi connectivity index (χ0v) is 7.68. The smallest absolute Gasteiger partial charge is 0.0811 e. The fraction of sp³-hybridized carbons (Fsp3) is 1.00. The van der Waals surface area contributed by atoms with E-state index in [-0.39, 0.29) is 5.60 Å². The molecule has 0 bridgehead atoms. The molecule has 1 unspecified atom stereocenters. The molecular formula is C10H19NO. The standard InChI is InChI=1S/C10H19NO/c12-10(6-7-11-8-10)9-4-2-1-3-5-9/h9,11-12H,1-8H2. The number of aliphatic hydroxyl groups is 1. The molecule has 1 aliphatic heterocycles. The lowest BCUT2D eigenvalue weighted by Gasteiger charge is -2.34. The number of rotatable bonds is 1. The van der Waals surface area contributed by atoms with Gasteiger partial charge in [0.15, 0.2) is 0 Å². The second-order valence-electron chi connectivity index (χ2n) is 4.37. The van der Waals surface area contributed by atoms with Crippen molar-refractivity contribution in [1.82, 2.24) is 5.32 Å². The molecule has 1 saturated carbocycles. The molecule has 0 spiro atoms. The Morgan fingerprint density at radius 1 is 1.17 bits per heavy atom. The van der Waals surface area contributed by atoms with Gasteiger partial charge in [0.2, 0.25) is 0 Å². The van der Waals surface area contributed by atoms with Gasteiger partial charge in [0.1, 0.15) is 0 Å². The van der Waals surface area contributed by atoms with E-state index in [4.69, 9.17) is 0 Å². The van der Waals surface area contributed by atoms with Gasteiger partial charge >= 0.3 is 0 Å². The molecule has 0 radical (unpaired) electrons. The van der Waals surface area contributed by atoms with E-state index < -0.39 is 0 Å². The van der Waals surface area contributed by atoms with Crippen molar-refractivity contribution in [3.63, 3.8) is 0 Å². The largest absolute Gasteiger partial charge is 0.388 e. The van der Waals surface area contributed by atoms with E-state index in [0.717, 1.165) is 19.5 Å². The maximum atomic E-state index is 10.3. The van der Waals surface area contributed by atoms with Crippen LogP contribution < -0.4 is 5.32 Å². The van der Waals surface area contributed by atoms with Crippen LogP contribution in [0.1, 0.15) is 38.5 Å². The molecule has 1 atom stereocenters. The van der Waals surface area contributed by atoms with Crippen molar-refractivity contribution in [3.05, 3.63) is 0 Å². The molecule has 2 fully saturated rings. The first-order chi connectivity index (χ1) is 5.81. The summed E-state index contributed by atoms with van der Waals surface area (Å²) in [4.78, 5) is 0. The molecule has 2 nitrogen and oxygen atoms in total. The van der Waals surface area contributed by atoms with Gasteiger partial charge in [0.05, 0.1) is 5.60 Å². The Bertz CT molecular complexity index is 146. The van der Waals surface area contributed by atoms with E-state index in [0.29, 0.717) is 5.92 Å². The highest BCUT2D eigenvalue weighted by Gasteiger charge is 2.39. The maximum absolute atomic E-state index is 10.3. The van der Waals surface area contributed by atoms with Crippen molar-refractivity contribution in [1.29, 1.82) is 0 Å². The van der Waals surface area contributed by atoms with E-state index in [1.54, 1.807) is 0 Å². The van der Waals surface area contributed by atoms with Gasteiger partial charge in [0.25, 0.3) is 0 Å². The third-order valence-electron chi connectivity index (χ3n) is 3.53. The Morgan fingerprint density at radius 3 is 2.50 bits per heavy atom. The average molecular weight is 169 g/mol. The van der Waals surface area contributed by atoms with Crippen LogP contribution in [0.3, 0.4) is 0 Å². The first-order valence-corrected chi connectivity index (χ1v) is 5.24. The van der Waals surface area contributed by atoms with Gasteiger partial charge in [-0.05, 0) is 31.7 Å². The van der Waals surface area contributed by atoms with E-state index in [9.17, 15) is 5.11 Å². The van der Waals surface area contributed by atoms with Gasteiger partial charge < -0.3 is 10.4 Å². The Kier molecular flexibility index (Phi) is 2.37.